The summed E-state index contributed by atoms with van der Waals surface area (Å²) >= 11 is 0. The van der Waals surface area contributed by atoms with E-state index in [2.05, 4.69) is 10.2 Å². The van der Waals surface area contributed by atoms with Crippen LogP contribution in [0.25, 0.3) is 0 Å². The first-order chi connectivity index (χ1) is 13.5. The molecule has 3 amide bonds. The molecule has 0 bridgehead atoms. The van der Waals surface area contributed by atoms with Crippen molar-refractivity contribution in [1.82, 2.24) is 20.0 Å². The summed E-state index contributed by atoms with van der Waals surface area (Å²) in [6.45, 7) is 9.04. The Morgan fingerprint density at radius 1 is 0.857 bits per heavy atom. The van der Waals surface area contributed by atoms with Crippen molar-refractivity contribution in [3.05, 3.63) is 0 Å². The highest BCUT2D eigenvalue weighted by molar-refractivity contribution is 5.81. The summed E-state index contributed by atoms with van der Waals surface area (Å²) in [6.07, 6.45) is 3.14. The summed E-state index contributed by atoms with van der Waals surface area (Å²) in [6, 6.07) is 0. The molecule has 2 heterocycles. The van der Waals surface area contributed by atoms with Crippen LogP contribution in [-0.2, 0) is 19.1 Å². The molecule has 1 N–H and O–H groups in total. The number of morpholine rings is 1. The summed E-state index contributed by atoms with van der Waals surface area (Å²) in [7, 11) is 0. The number of nitrogens with one attached hydrogen (secondary N) is 1. The van der Waals surface area contributed by atoms with Gasteiger partial charge in [-0.2, -0.15) is 0 Å². The Hall–Kier alpha value is -1.67. The minimum Gasteiger partial charge on any atom is -0.379 e. The van der Waals surface area contributed by atoms with Crippen LogP contribution in [0.3, 0.4) is 0 Å². The van der Waals surface area contributed by atoms with Crippen LogP contribution in [0.15, 0.2) is 0 Å². The first kappa shape index (κ1) is 21.0. The Kier molecular flexibility index (Phi) is 7.67. The average Bonchev–Trinajstić information content (AvgIpc) is 2.74. The van der Waals surface area contributed by atoms with Crippen molar-refractivity contribution in [1.29, 1.82) is 0 Å². The number of amides is 3. The highest BCUT2D eigenvalue weighted by atomic mass is 16.5. The Morgan fingerprint density at radius 2 is 1.43 bits per heavy atom. The molecule has 3 rings (SSSR count). The number of carbonyl (C=O) groups is 3. The quantitative estimate of drug-likeness (QED) is 0.706. The second kappa shape index (κ2) is 10.2. The van der Waals surface area contributed by atoms with Crippen LogP contribution in [0, 0.1) is 11.8 Å². The van der Waals surface area contributed by atoms with E-state index in [0.29, 0.717) is 32.7 Å². The third-order valence-electron chi connectivity index (χ3n) is 6.31. The summed E-state index contributed by atoms with van der Waals surface area (Å²) in [5.41, 5.74) is 0. The van der Waals surface area contributed by atoms with Gasteiger partial charge in [-0.3, -0.25) is 19.3 Å². The van der Waals surface area contributed by atoms with Crippen LogP contribution in [0.1, 0.15) is 32.6 Å². The Balaban J connectivity index is 1.34. The van der Waals surface area contributed by atoms with Crippen molar-refractivity contribution in [2.24, 2.45) is 11.8 Å². The summed E-state index contributed by atoms with van der Waals surface area (Å²) in [5, 5.41) is 3.07. The molecule has 0 radical (unpaired) electrons. The van der Waals surface area contributed by atoms with E-state index < -0.39 is 0 Å². The van der Waals surface area contributed by atoms with Crippen LogP contribution in [0.4, 0.5) is 0 Å². The standard InChI is InChI=1S/C20H34N4O4/c1-16(25)23-8-10-24(11-9-23)20(27)18-4-2-17(3-5-18)19(26)21-6-7-22-12-14-28-15-13-22/h17-18H,2-15H2,1H3,(H,21,26). The van der Waals surface area contributed by atoms with E-state index in [0.717, 1.165) is 58.5 Å². The summed E-state index contributed by atoms with van der Waals surface area (Å²) in [4.78, 5) is 42.6. The molecule has 0 atom stereocenters. The lowest BCUT2D eigenvalue weighted by Gasteiger charge is -2.37. The predicted octanol–water partition coefficient (Wildman–Crippen LogP) is -0.0681. The van der Waals surface area contributed by atoms with E-state index in [-0.39, 0.29) is 29.6 Å². The minimum atomic E-state index is 0.0290. The number of piperazine rings is 1. The molecular weight excluding hydrogens is 360 g/mol. The van der Waals surface area contributed by atoms with E-state index in [1.807, 2.05) is 4.90 Å². The van der Waals surface area contributed by atoms with Crippen molar-refractivity contribution in [3.8, 4) is 0 Å². The maximum Gasteiger partial charge on any atom is 0.225 e. The maximum atomic E-state index is 12.8. The molecular formula is C20H34N4O4. The molecule has 3 fully saturated rings. The van der Waals surface area contributed by atoms with Crippen LogP contribution < -0.4 is 5.32 Å². The maximum absolute atomic E-state index is 12.8. The van der Waals surface area contributed by atoms with E-state index in [1.165, 1.54) is 0 Å². The van der Waals surface area contributed by atoms with E-state index in [1.54, 1.807) is 11.8 Å². The van der Waals surface area contributed by atoms with Gasteiger partial charge in [0.2, 0.25) is 17.7 Å². The van der Waals surface area contributed by atoms with Gasteiger partial charge >= 0.3 is 0 Å². The molecule has 158 valence electrons. The molecule has 1 aliphatic carbocycles. The van der Waals surface area contributed by atoms with E-state index >= 15 is 0 Å². The van der Waals surface area contributed by atoms with E-state index in [4.69, 9.17) is 4.74 Å². The molecule has 2 aliphatic heterocycles. The smallest absolute Gasteiger partial charge is 0.225 e. The second-order valence-electron chi connectivity index (χ2n) is 8.12. The van der Waals surface area contributed by atoms with Gasteiger partial charge in [-0.1, -0.05) is 0 Å². The van der Waals surface area contributed by atoms with Crippen LogP contribution in [0.5, 0.6) is 0 Å². The summed E-state index contributed by atoms with van der Waals surface area (Å²) < 4.78 is 5.33. The topological polar surface area (TPSA) is 82.2 Å². The molecule has 2 saturated heterocycles. The van der Waals surface area contributed by atoms with Crippen molar-refractivity contribution in [2.75, 3.05) is 65.6 Å². The largest absolute Gasteiger partial charge is 0.379 e. The fourth-order valence-electron chi connectivity index (χ4n) is 4.41. The molecule has 3 aliphatic rings. The molecule has 0 aromatic carbocycles. The molecule has 28 heavy (non-hydrogen) atoms. The molecule has 0 spiro atoms. The third-order valence-corrected chi connectivity index (χ3v) is 6.31. The zero-order valence-corrected chi connectivity index (χ0v) is 17.0. The zero-order chi connectivity index (χ0) is 19.9. The number of hydrogen-bond donors (Lipinski definition) is 1. The SMILES string of the molecule is CC(=O)N1CCN(C(=O)C2CCC(C(=O)NCCN3CCOCC3)CC2)CC1. The van der Waals surface area contributed by atoms with Crippen molar-refractivity contribution < 1.29 is 19.1 Å². The molecule has 0 aromatic rings. The van der Waals surface area contributed by atoms with Gasteiger partial charge in [-0.05, 0) is 25.7 Å². The Labute approximate surface area is 167 Å². The fourth-order valence-corrected chi connectivity index (χ4v) is 4.41. The molecule has 0 aromatic heterocycles. The fraction of sp³-hybridized carbons (Fsp3) is 0.850. The van der Waals surface area contributed by atoms with Gasteiger partial charge in [0.15, 0.2) is 0 Å². The predicted molar refractivity (Wildman–Crippen MR) is 105 cm³/mol. The van der Waals surface area contributed by atoms with Crippen LogP contribution in [-0.4, -0.2) is 98.0 Å². The van der Waals surface area contributed by atoms with Crippen molar-refractivity contribution in [2.45, 2.75) is 32.6 Å². The lowest BCUT2D eigenvalue weighted by Crippen LogP contribution is -2.52. The number of nitrogens with zero attached hydrogens (tertiary/aromatic N) is 3. The van der Waals surface area contributed by atoms with Gasteiger partial charge in [0, 0.05) is 71.1 Å². The van der Waals surface area contributed by atoms with Gasteiger partial charge < -0.3 is 19.9 Å². The zero-order valence-electron chi connectivity index (χ0n) is 17.0. The van der Waals surface area contributed by atoms with Gasteiger partial charge in [-0.15, -0.1) is 0 Å². The minimum absolute atomic E-state index is 0.0290. The highest BCUT2D eigenvalue weighted by Crippen LogP contribution is 2.30. The monoisotopic (exact) mass is 394 g/mol. The van der Waals surface area contributed by atoms with Gasteiger partial charge in [0.1, 0.15) is 0 Å². The Morgan fingerprint density at radius 3 is 2.04 bits per heavy atom. The number of hydrogen-bond acceptors (Lipinski definition) is 5. The summed E-state index contributed by atoms with van der Waals surface area (Å²) in [5.74, 6) is 0.473. The lowest BCUT2D eigenvalue weighted by molar-refractivity contribution is -0.143. The molecule has 1 saturated carbocycles. The second-order valence-corrected chi connectivity index (χ2v) is 8.12. The lowest BCUT2D eigenvalue weighted by atomic mass is 9.81. The van der Waals surface area contributed by atoms with Gasteiger partial charge in [-0.25, -0.2) is 0 Å². The van der Waals surface area contributed by atoms with Gasteiger partial charge in [0.25, 0.3) is 0 Å². The molecule has 0 unspecified atom stereocenters. The average molecular weight is 395 g/mol. The van der Waals surface area contributed by atoms with Crippen LogP contribution >= 0.6 is 0 Å². The first-order valence-corrected chi connectivity index (χ1v) is 10.7. The molecule has 8 nitrogen and oxygen atoms in total. The normalized spacial score (nSPS) is 26.8. The van der Waals surface area contributed by atoms with Crippen LogP contribution in [0.2, 0.25) is 0 Å². The number of carbonyl (C=O) groups excluding carboxylic acids is 3. The highest BCUT2D eigenvalue weighted by Gasteiger charge is 2.33. The number of rotatable bonds is 5. The third kappa shape index (κ3) is 5.67. The van der Waals surface area contributed by atoms with Crippen molar-refractivity contribution in [3.63, 3.8) is 0 Å². The van der Waals surface area contributed by atoms with Gasteiger partial charge in [0.05, 0.1) is 13.2 Å². The Bertz CT molecular complexity index is 548. The van der Waals surface area contributed by atoms with Crippen molar-refractivity contribution >= 4 is 17.7 Å². The first-order valence-electron chi connectivity index (χ1n) is 10.7. The number of ether oxygens (including phenoxy) is 1. The molecule has 8 heteroatoms. The van der Waals surface area contributed by atoms with E-state index in [9.17, 15) is 14.4 Å².